The van der Waals surface area contributed by atoms with Crippen molar-refractivity contribution in [1.29, 1.82) is 0 Å². The molecule has 0 amide bonds. The van der Waals surface area contributed by atoms with E-state index in [2.05, 4.69) is 32.3 Å². The Balaban J connectivity index is 1.22. The number of H-pyrrole nitrogens is 1. The Labute approximate surface area is 205 Å². The number of aromatic nitrogens is 2. The molecule has 0 spiro atoms. The number of halogens is 3. The second-order valence-electron chi connectivity index (χ2n) is 10.1. The van der Waals surface area contributed by atoms with Crippen molar-refractivity contribution < 1.29 is 13.2 Å². The van der Waals surface area contributed by atoms with Crippen LogP contribution in [0.4, 0.5) is 24.7 Å². The number of nitrogens with one attached hydrogen (secondary N) is 2. The molecule has 1 saturated heterocycles. The fourth-order valence-corrected chi connectivity index (χ4v) is 5.84. The third-order valence-corrected chi connectivity index (χ3v) is 7.65. The largest absolute Gasteiger partial charge is 0.416 e. The first kappa shape index (κ1) is 23.8. The van der Waals surface area contributed by atoms with Crippen LogP contribution in [0.3, 0.4) is 0 Å². The van der Waals surface area contributed by atoms with E-state index in [1.807, 2.05) is 24.7 Å². The van der Waals surface area contributed by atoms with Gasteiger partial charge in [-0.15, -0.1) is 0 Å². The summed E-state index contributed by atoms with van der Waals surface area (Å²) in [5.74, 6) is 2.06. The quantitative estimate of drug-likeness (QED) is 0.385. The minimum atomic E-state index is -4.29. The Morgan fingerprint density at radius 2 is 1.80 bits per heavy atom. The molecule has 1 aliphatic carbocycles. The van der Waals surface area contributed by atoms with E-state index in [1.54, 1.807) is 12.1 Å². The summed E-state index contributed by atoms with van der Waals surface area (Å²) in [6, 6.07) is 12.3. The summed E-state index contributed by atoms with van der Waals surface area (Å²) in [6.07, 6.45) is 9.76. The smallest absolute Gasteiger partial charge is 0.371 e. The molecular weight excluding hydrogens is 449 g/mol. The van der Waals surface area contributed by atoms with Gasteiger partial charge in [0.15, 0.2) is 0 Å². The fraction of sp³-hybridized carbons (Fsp3) is 0.464. The second-order valence-corrected chi connectivity index (χ2v) is 10.1. The molecule has 1 saturated carbocycles. The number of anilines is 2. The van der Waals surface area contributed by atoms with Gasteiger partial charge in [0.2, 0.25) is 0 Å². The van der Waals surface area contributed by atoms with Crippen molar-refractivity contribution >= 4 is 11.5 Å². The maximum atomic E-state index is 12.9. The molecule has 3 atom stereocenters. The fourth-order valence-electron chi connectivity index (χ4n) is 5.84. The molecule has 3 aromatic rings. The second kappa shape index (κ2) is 10.3. The van der Waals surface area contributed by atoms with Crippen LogP contribution in [0.2, 0.25) is 0 Å². The highest BCUT2D eigenvalue weighted by molar-refractivity contribution is 5.65. The SMILES string of the molecule is FC(F)(F)c1ccc(N2CCC[C@H](C[C@@H]3CCCC[C@H]3Nc3cc(-c4cc[nH]c4)ccn3)C2)cc1. The van der Waals surface area contributed by atoms with Crippen molar-refractivity contribution in [3.63, 3.8) is 0 Å². The van der Waals surface area contributed by atoms with Crippen LogP contribution in [0.1, 0.15) is 50.5 Å². The Hall–Kier alpha value is -2.96. The molecule has 35 heavy (non-hydrogen) atoms. The van der Waals surface area contributed by atoms with Gasteiger partial charge in [-0.2, -0.15) is 13.2 Å². The van der Waals surface area contributed by atoms with Gasteiger partial charge in [-0.3, -0.25) is 0 Å². The van der Waals surface area contributed by atoms with Crippen molar-refractivity contribution in [2.45, 2.75) is 57.2 Å². The predicted molar refractivity (Wildman–Crippen MR) is 134 cm³/mol. The van der Waals surface area contributed by atoms with Crippen molar-refractivity contribution in [3.8, 4) is 11.1 Å². The minimum absolute atomic E-state index is 0.402. The number of aromatic amines is 1. The summed E-state index contributed by atoms with van der Waals surface area (Å²) in [4.78, 5) is 9.97. The molecule has 3 heterocycles. The first-order valence-corrected chi connectivity index (χ1v) is 12.7. The molecule has 0 radical (unpaired) electrons. The molecule has 2 aromatic heterocycles. The van der Waals surface area contributed by atoms with Crippen molar-refractivity contribution in [3.05, 3.63) is 66.6 Å². The van der Waals surface area contributed by atoms with E-state index in [1.165, 1.54) is 37.8 Å². The molecule has 2 aliphatic rings. The highest BCUT2D eigenvalue weighted by Gasteiger charge is 2.32. The zero-order valence-corrected chi connectivity index (χ0v) is 19.9. The molecule has 0 bridgehead atoms. The number of hydrogen-bond donors (Lipinski definition) is 2. The van der Waals surface area contributed by atoms with Crippen LogP contribution >= 0.6 is 0 Å². The molecule has 2 N–H and O–H groups in total. The van der Waals surface area contributed by atoms with E-state index in [0.717, 1.165) is 55.0 Å². The lowest BCUT2D eigenvalue weighted by atomic mass is 9.77. The minimum Gasteiger partial charge on any atom is -0.371 e. The van der Waals surface area contributed by atoms with E-state index in [4.69, 9.17) is 0 Å². The molecule has 1 aliphatic heterocycles. The number of pyridine rings is 1. The summed E-state index contributed by atoms with van der Waals surface area (Å²) in [5, 5.41) is 3.74. The monoisotopic (exact) mass is 482 g/mol. The van der Waals surface area contributed by atoms with Gasteiger partial charge in [0, 0.05) is 43.4 Å². The molecule has 4 nitrogen and oxygen atoms in total. The van der Waals surface area contributed by atoms with Gasteiger partial charge >= 0.3 is 6.18 Å². The van der Waals surface area contributed by atoms with Gasteiger partial charge in [0.1, 0.15) is 5.82 Å². The van der Waals surface area contributed by atoms with E-state index in [0.29, 0.717) is 17.9 Å². The van der Waals surface area contributed by atoms with Gasteiger partial charge in [-0.1, -0.05) is 12.8 Å². The number of piperidine rings is 1. The summed E-state index contributed by atoms with van der Waals surface area (Å²) < 4.78 is 38.8. The zero-order valence-electron chi connectivity index (χ0n) is 19.9. The Morgan fingerprint density at radius 3 is 2.57 bits per heavy atom. The van der Waals surface area contributed by atoms with Gasteiger partial charge in [0.05, 0.1) is 5.56 Å². The third-order valence-electron chi connectivity index (χ3n) is 7.65. The molecule has 2 fully saturated rings. The summed E-state index contributed by atoms with van der Waals surface area (Å²) in [6.45, 7) is 1.82. The standard InChI is InChI=1S/C28H33F3N4/c29-28(30,31)24-7-9-25(10-8-24)35-15-3-4-20(19-35)16-22-5-1-2-6-26(22)34-27-17-21(12-14-33-27)23-11-13-32-18-23/h7-14,17-18,20,22,26,32H,1-6,15-16,19H2,(H,33,34)/t20-,22+,26-/m1/s1. The average Bonchev–Trinajstić information content (AvgIpc) is 3.41. The van der Waals surface area contributed by atoms with Crippen molar-refractivity contribution in [1.82, 2.24) is 9.97 Å². The molecule has 0 unspecified atom stereocenters. The number of alkyl halides is 3. The number of nitrogens with zero attached hydrogens (tertiary/aromatic N) is 2. The van der Waals surface area contributed by atoms with E-state index >= 15 is 0 Å². The summed E-state index contributed by atoms with van der Waals surface area (Å²) >= 11 is 0. The highest BCUT2D eigenvalue weighted by Crippen LogP contribution is 2.36. The number of rotatable bonds is 6. The number of hydrogen-bond acceptors (Lipinski definition) is 3. The molecule has 1 aromatic carbocycles. The van der Waals surface area contributed by atoms with E-state index in [9.17, 15) is 13.2 Å². The first-order valence-electron chi connectivity index (χ1n) is 12.7. The zero-order chi connectivity index (χ0) is 24.3. The third kappa shape index (κ3) is 5.82. The Bertz CT molecular complexity index is 1080. The number of benzene rings is 1. The maximum absolute atomic E-state index is 12.9. The van der Waals surface area contributed by atoms with E-state index < -0.39 is 11.7 Å². The van der Waals surface area contributed by atoms with Gasteiger partial charge in [-0.25, -0.2) is 4.98 Å². The molecule has 186 valence electrons. The lowest BCUT2D eigenvalue weighted by molar-refractivity contribution is -0.137. The lowest BCUT2D eigenvalue weighted by Crippen LogP contribution is -2.39. The van der Waals surface area contributed by atoms with Gasteiger partial charge in [-0.05, 0) is 97.5 Å². The van der Waals surface area contributed by atoms with Gasteiger partial charge in [0.25, 0.3) is 0 Å². The van der Waals surface area contributed by atoms with E-state index in [-0.39, 0.29) is 0 Å². The Morgan fingerprint density at radius 1 is 0.971 bits per heavy atom. The first-order chi connectivity index (χ1) is 17.0. The van der Waals surface area contributed by atoms with Gasteiger partial charge < -0.3 is 15.2 Å². The van der Waals surface area contributed by atoms with Crippen molar-refractivity contribution in [2.75, 3.05) is 23.3 Å². The summed E-state index contributed by atoms with van der Waals surface area (Å²) in [5.41, 5.74) is 2.61. The predicted octanol–water partition coefficient (Wildman–Crippen LogP) is 7.37. The van der Waals surface area contributed by atoms with Crippen LogP contribution < -0.4 is 10.2 Å². The topological polar surface area (TPSA) is 44.0 Å². The highest BCUT2D eigenvalue weighted by atomic mass is 19.4. The average molecular weight is 483 g/mol. The lowest BCUT2D eigenvalue weighted by Gasteiger charge is -2.39. The maximum Gasteiger partial charge on any atom is 0.416 e. The van der Waals surface area contributed by atoms with Crippen LogP contribution in [-0.2, 0) is 6.18 Å². The van der Waals surface area contributed by atoms with Crippen LogP contribution in [-0.4, -0.2) is 29.1 Å². The molecule has 7 heteroatoms. The molecular formula is C28H33F3N4. The Kier molecular flexibility index (Phi) is 7.02. The summed E-state index contributed by atoms with van der Waals surface area (Å²) in [7, 11) is 0. The van der Waals surface area contributed by atoms with Crippen LogP contribution in [0, 0.1) is 11.8 Å². The van der Waals surface area contributed by atoms with Crippen LogP contribution in [0.25, 0.3) is 11.1 Å². The van der Waals surface area contributed by atoms with Crippen LogP contribution in [0.15, 0.2) is 61.1 Å². The van der Waals surface area contributed by atoms with Crippen LogP contribution in [0.5, 0.6) is 0 Å². The van der Waals surface area contributed by atoms with Crippen molar-refractivity contribution in [2.24, 2.45) is 11.8 Å². The normalized spacial score (nSPS) is 23.3. The molecule has 5 rings (SSSR count).